The minimum atomic E-state index is -0.700. The first kappa shape index (κ1) is 15.4. The minimum Gasteiger partial charge on any atom is -0.469 e. The van der Waals surface area contributed by atoms with E-state index < -0.39 is 16.9 Å². The van der Waals surface area contributed by atoms with E-state index in [1.165, 1.54) is 26.4 Å². The van der Waals surface area contributed by atoms with Crippen molar-refractivity contribution in [2.24, 2.45) is 0 Å². The zero-order valence-electron chi connectivity index (χ0n) is 11.0. The van der Waals surface area contributed by atoms with Gasteiger partial charge in [-0.25, -0.2) is 4.79 Å². The van der Waals surface area contributed by atoms with Crippen LogP contribution >= 0.6 is 0 Å². The first-order chi connectivity index (χ1) is 9.49. The number of benzene rings is 1. The Bertz CT molecular complexity index is 529. The Morgan fingerprint density at radius 1 is 1.30 bits per heavy atom. The molecule has 0 aliphatic carbocycles. The summed E-state index contributed by atoms with van der Waals surface area (Å²) in [6.07, 6.45) is 0.105. The first-order valence-corrected chi connectivity index (χ1v) is 5.67. The number of hydrogen-bond acceptors (Lipinski definition) is 7. The van der Waals surface area contributed by atoms with E-state index in [1.807, 2.05) is 0 Å². The maximum atomic E-state index is 11.6. The summed E-state index contributed by atoms with van der Waals surface area (Å²) in [5, 5.41) is 13.5. The van der Waals surface area contributed by atoms with Gasteiger partial charge in [-0.15, -0.1) is 0 Å². The van der Waals surface area contributed by atoms with E-state index in [0.717, 1.165) is 6.07 Å². The van der Waals surface area contributed by atoms with Crippen molar-refractivity contribution < 1.29 is 24.0 Å². The SMILES string of the molecule is COC(=O)CCNc1ccc([N+](=O)[O-])cc1C(=O)OC. The number of esters is 2. The van der Waals surface area contributed by atoms with Gasteiger partial charge in [0.05, 0.1) is 31.1 Å². The number of ether oxygens (including phenoxy) is 2. The summed E-state index contributed by atoms with van der Waals surface area (Å²) in [7, 11) is 2.45. The molecule has 108 valence electrons. The lowest BCUT2D eigenvalue weighted by atomic mass is 10.1. The van der Waals surface area contributed by atoms with Crippen LogP contribution in [0.5, 0.6) is 0 Å². The van der Waals surface area contributed by atoms with Crippen LogP contribution in [0.4, 0.5) is 11.4 Å². The third-order valence-electron chi connectivity index (χ3n) is 2.49. The lowest BCUT2D eigenvalue weighted by Gasteiger charge is -2.10. The number of nitro benzene ring substituents is 1. The van der Waals surface area contributed by atoms with Crippen LogP contribution in [0.1, 0.15) is 16.8 Å². The number of rotatable bonds is 6. The molecule has 8 nitrogen and oxygen atoms in total. The normalized spacial score (nSPS) is 9.70. The van der Waals surface area contributed by atoms with Gasteiger partial charge in [0, 0.05) is 24.4 Å². The van der Waals surface area contributed by atoms with E-state index in [4.69, 9.17) is 0 Å². The molecule has 0 aliphatic rings. The Labute approximate surface area is 114 Å². The molecule has 0 spiro atoms. The Kier molecular flexibility index (Phi) is 5.45. The van der Waals surface area contributed by atoms with Crippen molar-refractivity contribution in [2.75, 3.05) is 26.1 Å². The Balaban J connectivity index is 2.91. The van der Waals surface area contributed by atoms with Crippen molar-refractivity contribution >= 4 is 23.3 Å². The van der Waals surface area contributed by atoms with Crippen LogP contribution in [0, 0.1) is 10.1 Å². The highest BCUT2D eigenvalue weighted by Crippen LogP contribution is 2.22. The summed E-state index contributed by atoms with van der Waals surface area (Å²) in [6.45, 7) is 0.231. The van der Waals surface area contributed by atoms with Crippen LogP contribution in [0.3, 0.4) is 0 Å². The Morgan fingerprint density at radius 2 is 2.00 bits per heavy atom. The van der Waals surface area contributed by atoms with Gasteiger partial charge in [0.25, 0.3) is 5.69 Å². The first-order valence-electron chi connectivity index (χ1n) is 5.67. The molecule has 0 saturated carbocycles. The molecule has 20 heavy (non-hydrogen) atoms. The lowest BCUT2D eigenvalue weighted by molar-refractivity contribution is -0.384. The highest BCUT2D eigenvalue weighted by Gasteiger charge is 2.17. The summed E-state index contributed by atoms with van der Waals surface area (Å²) in [5.74, 6) is -1.10. The topological polar surface area (TPSA) is 108 Å². The maximum absolute atomic E-state index is 11.6. The van der Waals surface area contributed by atoms with E-state index in [2.05, 4.69) is 14.8 Å². The molecule has 0 heterocycles. The van der Waals surface area contributed by atoms with Crippen LogP contribution in [-0.4, -0.2) is 37.6 Å². The number of nitrogens with one attached hydrogen (secondary N) is 1. The highest BCUT2D eigenvalue weighted by atomic mass is 16.6. The van der Waals surface area contributed by atoms with Crippen molar-refractivity contribution in [2.45, 2.75) is 6.42 Å². The number of nitrogens with zero attached hydrogens (tertiary/aromatic N) is 1. The van der Waals surface area contributed by atoms with E-state index in [0.29, 0.717) is 5.69 Å². The largest absolute Gasteiger partial charge is 0.469 e. The zero-order valence-corrected chi connectivity index (χ0v) is 11.0. The van der Waals surface area contributed by atoms with Gasteiger partial charge in [-0.2, -0.15) is 0 Å². The summed E-state index contributed by atoms with van der Waals surface area (Å²) >= 11 is 0. The number of methoxy groups -OCH3 is 2. The van der Waals surface area contributed by atoms with E-state index in [1.54, 1.807) is 0 Å². The molecule has 0 radical (unpaired) electrons. The quantitative estimate of drug-likeness (QED) is 0.476. The molecule has 0 fully saturated rings. The number of non-ortho nitro benzene ring substituents is 1. The number of carbonyl (C=O) groups is 2. The van der Waals surface area contributed by atoms with Gasteiger partial charge in [0.15, 0.2) is 0 Å². The van der Waals surface area contributed by atoms with Crippen LogP contribution in [0.2, 0.25) is 0 Å². The molecule has 1 aromatic rings. The number of hydrogen-bond donors (Lipinski definition) is 1. The van der Waals surface area contributed by atoms with Gasteiger partial charge >= 0.3 is 11.9 Å². The standard InChI is InChI=1S/C12H14N2O6/c1-19-11(15)5-6-13-10-4-3-8(14(17)18)7-9(10)12(16)20-2/h3-4,7,13H,5-6H2,1-2H3. The van der Waals surface area contributed by atoms with E-state index in [9.17, 15) is 19.7 Å². The van der Waals surface area contributed by atoms with Crippen LogP contribution < -0.4 is 5.32 Å². The fourth-order valence-corrected chi connectivity index (χ4v) is 1.48. The third kappa shape index (κ3) is 3.94. The summed E-state index contributed by atoms with van der Waals surface area (Å²) in [4.78, 5) is 32.6. The Morgan fingerprint density at radius 3 is 2.55 bits per heavy atom. The van der Waals surface area contributed by atoms with Gasteiger partial charge in [0.2, 0.25) is 0 Å². The fraction of sp³-hybridized carbons (Fsp3) is 0.333. The van der Waals surface area contributed by atoms with Gasteiger partial charge in [0.1, 0.15) is 0 Å². The second kappa shape index (κ2) is 7.07. The third-order valence-corrected chi connectivity index (χ3v) is 2.49. The van der Waals surface area contributed by atoms with Gasteiger partial charge < -0.3 is 14.8 Å². The minimum absolute atomic E-state index is 0.0339. The predicted molar refractivity (Wildman–Crippen MR) is 69.6 cm³/mol. The zero-order chi connectivity index (χ0) is 15.1. The van der Waals surface area contributed by atoms with Gasteiger partial charge in [-0.1, -0.05) is 0 Å². The van der Waals surface area contributed by atoms with Crippen molar-refractivity contribution in [3.05, 3.63) is 33.9 Å². The molecule has 1 aromatic carbocycles. The van der Waals surface area contributed by atoms with Crippen LogP contribution in [0.25, 0.3) is 0 Å². The summed E-state index contributed by atoms with van der Waals surface area (Å²) < 4.78 is 9.04. The average molecular weight is 282 g/mol. The molecule has 0 unspecified atom stereocenters. The molecule has 0 saturated heterocycles. The molecule has 0 aliphatic heterocycles. The lowest BCUT2D eigenvalue weighted by Crippen LogP contribution is -2.13. The number of anilines is 1. The molecular formula is C12H14N2O6. The van der Waals surface area contributed by atoms with Crippen molar-refractivity contribution in [3.8, 4) is 0 Å². The Hall–Kier alpha value is -2.64. The average Bonchev–Trinajstić information content (AvgIpc) is 2.46. The summed E-state index contributed by atoms with van der Waals surface area (Å²) in [6, 6.07) is 3.76. The van der Waals surface area contributed by atoms with Crippen LogP contribution in [-0.2, 0) is 14.3 Å². The second-order valence-corrected chi connectivity index (χ2v) is 3.73. The van der Waals surface area contributed by atoms with Gasteiger partial charge in [-0.05, 0) is 6.07 Å². The smallest absolute Gasteiger partial charge is 0.340 e. The van der Waals surface area contributed by atoms with E-state index >= 15 is 0 Å². The highest BCUT2D eigenvalue weighted by molar-refractivity contribution is 5.96. The number of nitro groups is 1. The maximum Gasteiger partial charge on any atom is 0.340 e. The van der Waals surface area contributed by atoms with Gasteiger partial charge in [-0.3, -0.25) is 14.9 Å². The molecule has 0 atom stereocenters. The van der Waals surface area contributed by atoms with Crippen molar-refractivity contribution in [3.63, 3.8) is 0 Å². The molecular weight excluding hydrogens is 268 g/mol. The van der Waals surface area contributed by atoms with Crippen LogP contribution in [0.15, 0.2) is 18.2 Å². The van der Waals surface area contributed by atoms with Crippen molar-refractivity contribution in [1.82, 2.24) is 0 Å². The van der Waals surface area contributed by atoms with Crippen molar-refractivity contribution in [1.29, 1.82) is 0 Å². The van der Waals surface area contributed by atoms with E-state index in [-0.39, 0.29) is 24.2 Å². The number of carbonyl (C=O) groups excluding carboxylic acids is 2. The molecule has 8 heteroatoms. The predicted octanol–water partition coefficient (Wildman–Crippen LogP) is 1.36. The fourth-order valence-electron chi connectivity index (χ4n) is 1.48. The molecule has 1 rings (SSSR count). The summed E-state index contributed by atoms with van der Waals surface area (Å²) in [5.41, 5.74) is 0.168. The molecule has 0 amide bonds. The molecule has 0 aromatic heterocycles. The monoisotopic (exact) mass is 282 g/mol. The second-order valence-electron chi connectivity index (χ2n) is 3.73. The molecule has 0 bridgehead atoms. The molecule has 1 N–H and O–H groups in total.